The molecule has 2 heteroatoms. The van der Waals surface area contributed by atoms with Crippen LogP contribution in [0.4, 0.5) is 0 Å². The molecule has 0 aliphatic carbocycles. The minimum absolute atomic E-state index is 0.602. The molecule has 0 bridgehead atoms. The zero-order valence-corrected chi connectivity index (χ0v) is 23.3. The monoisotopic (exact) mass is 461 g/mol. The van der Waals surface area contributed by atoms with E-state index < -0.39 is 0 Å². The van der Waals surface area contributed by atoms with E-state index in [2.05, 4.69) is 49.6 Å². The van der Waals surface area contributed by atoms with Crippen LogP contribution in [-0.4, -0.2) is 4.98 Å². The van der Waals surface area contributed by atoms with Gasteiger partial charge in [0.15, 0.2) is 0 Å². The Morgan fingerprint density at radius 3 is 1.39 bits per heavy atom. The standard InChI is InChI=1S/C31H60N2/c1-5-8-10-12-13-14-15-16-17-18-19-20-22-24-26-30(25-23-21-11-9-6-2)31-32-27-28-33(31)29(4)7-3/h27-30H,5-26H2,1-4H3/p+1. The van der Waals surface area contributed by atoms with E-state index in [9.17, 15) is 0 Å². The molecule has 0 amide bonds. The average molecular weight is 462 g/mol. The van der Waals surface area contributed by atoms with Gasteiger partial charge in [-0.1, -0.05) is 143 Å². The average Bonchev–Trinajstić information content (AvgIpc) is 3.32. The second-order valence-corrected chi connectivity index (χ2v) is 10.8. The lowest BCUT2D eigenvalue weighted by molar-refractivity contribution is -0.726. The van der Waals surface area contributed by atoms with E-state index >= 15 is 0 Å². The molecule has 0 aliphatic rings. The lowest BCUT2D eigenvalue weighted by Crippen LogP contribution is -2.40. The predicted octanol–water partition coefficient (Wildman–Crippen LogP) is 10.6. The van der Waals surface area contributed by atoms with Crippen LogP contribution in [0.3, 0.4) is 0 Å². The predicted molar refractivity (Wildman–Crippen MR) is 147 cm³/mol. The Balaban J connectivity index is 2.20. The van der Waals surface area contributed by atoms with E-state index in [-0.39, 0.29) is 0 Å². The molecular formula is C31H61N2+. The summed E-state index contributed by atoms with van der Waals surface area (Å²) in [6, 6.07) is 0.602. The zero-order chi connectivity index (χ0) is 24.0. The Bertz CT molecular complexity index is 521. The largest absolute Gasteiger partial charge is 0.257 e. The van der Waals surface area contributed by atoms with Crippen molar-refractivity contribution in [3.63, 3.8) is 0 Å². The normalized spacial score (nSPS) is 13.5. The van der Waals surface area contributed by atoms with Gasteiger partial charge in [0.1, 0.15) is 12.4 Å². The van der Waals surface area contributed by atoms with Gasteiger partial charge in [0.05, 0.1) is 12.0 Å². The molecule has 2 nitrogen and oxygen atoms in total. The first kappa shape index (κ1) is 30.2. The summed E-state index contributed by atoms with van der Waals surface area (Å²) in [5.74, 6) is 2.21. The second-order valence-electron chi connectivity index (χ2n) is 10.8. The third-order valence-corrected chi connectivity index (χ3v) is 7.76. The van der Waals surface area contributed by atoms with Gasteiger partial charge in [0.2, 0.25) is 0 Å². The van der Waals surface area contributed by atoms with Gasteiger partial charge in [-0.05, 0) is 26.2 Å². The molecule has 1 heterocycles. The van der Waals surface area contributed by atoms with Crippen molar-refractivity contribution in [2.75, 3.05) is 0 Å². The van der Waals surface area contributed by atoms with Crippen molar-refractivity contribution >= 4 is 0 Å². The van der Waals surface area contributed by atoms with E-state index in [1.165, 1.54) is 147 Å². The first-order valence-electron chi connectivity index (χ1n) is 15.3. The number of aromatic nitrogens is 2. The van der Waals surface area contributed by atoms with Gasteiger partial charge in [0.25, 0.3) is 5.82 Å². The van der Waals surface area contributed by atoms with E-state index in [1.54, 1.807) is 0 Å². The molecule has 1 N–H and O–H groups in total. The molecule has 0 spiro atoms. The van der Waals surface area contributed by atoms with Gasteiger partial charge < -0.3 is 0 Å². The quantitative estimate of drug-likeness (QED) is 0.117. The van der Waals surface area contributed by atoms with Crippen molar-refractivity contribution in [3.05, 3.63) is 18.2 Å². The van der Waals surface area contributed by atoms with Crippen LogP contribution in [0.15, 0.2) is 12.4 Å². The maximum atomic E-state index is 3.64. The summed E-state index contributed by atoms with van der Waals surface area (Å²) in [6.07, 6.45) is 35.6. The molecule has 0 radical (unpaired) electrons. The lowest BCUT2D eigenvalue weighted by atomic mass is 9.93. The first-order valence-corrected chi connectivity index (χ1v) is 15.3. The Morgan fingerprint density at radius 2 is 1.00 bits per heavy atom. The number of nitrogens with one attached hydrogen (secondary N) is 1. The fourth-order valence-corrected chi connectivity index (χ4v) is 5.26. The van der Waals surface area contributed by atoms with Crippen LogP contribution >= 0.6 is 0 Å². The fourth-order valence-electron chi connectivity index (χ4n) is 5.26. The van der Waals surface area contributed by atoms with Crippen LogP contribution in [0, 0.1) is 0 Å². The summed E-state index contributed by atoms with van der Waals surface area (Å²) >= 11 is 0. The van der Waals surface area contributed by atoms with Gasteiger partial charge in [-0.25, -0.2) is 9.55 Å². The summed E-state index contributed by atoms with van der Waals surface area (Å²) in [5.41, 5.74) is 0. The molecule has 0 fully saturated rings. The molecule has 194 valence electrons. The smallest absolute Gasteiger partial charge is 0.247 e. The highest BCUT2D eigenvalue weighted by molar-refractivity contribution is 4.90. The van der Waals surface area contributed by atoms with Crippen molar-refractivity contribution in [1.82, 2.24) is 4.98 Å². The molecule has 0 saturated heterocycles. The first-order chi connectivity index (χ1) is 16.2. The highest BCUT2D eigenvalue weighted by atomic mass is 15.1. The Morgan fingerprint density at radius 1 is 0.606 bits per heavy atom. The summed E-state index contributed by atoms with van der Waals surface area (Å²) in [4.78, 5) is 3.64. The third-order valence-electron chi connectivity index (χ3n) is 7.76. The number of unbranched alkanes of at least 4 members (excludes halogenated alkanes) is 17. The van der Waals surface area contributed by atoms with E-state index in [1.807, 2.05) is 0 Å². The Labute approximate surface area is 208 Å². The van der Waals surface area contributed by atoms with Gasteiger partial charge in [0, 0.05) is 0 Å². The second kappa shape index (κ2) is 21.7. The van der Waals surface area contributed by atoms with Crippen molar-refractivity contribution in [2.24, 2.45) is 0 Å². The zero-order valence-electron chi connectivity index (χ0n) is 23.3. The number of aromatic amines is 1. The number of nitrogens with zero attached hydrogens (tertiary/aromatic N) is 1. The fraction of sp³-hybridized carbons (Fsp3) is 0.903. The van der Waals surface area contributed by atoms with E-state index in [4.69, 9.17) is 0 Å². The van der Waals surface area contributed by atoms with Crippen LogP contribution in [0.5, 0.6) is 0 Å². The van der Waals surface area contributed by atoms with E-state index in [0.717, 1.165) is 0 Å². The third kappa shape index (κ3) is 14.9. The Kier molecular flexibility index (Phi) is 19.9. The molecule has 1 rings (SSSR count). The van der Waals surface area contributed by atoms with Crippen LogP contribution < -0.4 is 4.57 Å². The highest BCUT2D eigenvalue weighted by Crippen LogP contribution is 2.27. The molecule has 0 aliphatic heterocycles. The number of hydrogen-bond acceptors (Lipinski definition) is 0. The summed E-state index contributed by atoms with van der Waals surface area (Å²) in [6.45, 7) is 9.29. The van der Waals surface area contributed by atoms with Crippen molar-refractivity contribution in [2.45, 2.75) is 181 Å². The SMILES string of the molecule is CCCCCCCCCCCCCCCCC(CCCCCCC)c1[nH]cc[n+]1C(C)CC. The molecule has 1 aromatic rings. The highest BCUT2D eigenvalue weighted by Gasteiger charge is 2.24. The molecule has 1 aromatic heterocycles. The maximum Gasteiger partial charge on any atom is 0.257 e. The molecule has 0 aromatic carbocycles. The van der Waals surface area contributed by atoms with Crippen molar-refractivity contribution in [3.8, 4) is 0 Å². The van der Waals surface area contributed by atoms with Gasteiger partial charge >= 0.3 is 0 Å². The molecule has 2 atom stereocenters. The summed E-state index contributed by atoms with van der Waals surface area (Å²) in [5, 5.41) is 0. The molecule has 2 unspecified atom stereocenters. The topological polar surface area (TPSA) is 19.7 Å². The number of imidazole rings is 1. The molecular weight excluding hydrogens is 400 g/mol. The van der Waals surface area contributed by atoms with Gasteiger partial charge in [-0.15, -0.1) is 0 Å². The van der Waals surface area contributed by atoms with Crippen LogP contribution in [0.1, 0.15) is 187 Å². The number of rotatable bonds is 24. The number of H-pyrrole nitrogens is 1. The lowest BCUT2D eigenvalue weighted by Gasteiger charge is -2.16. The summed E-state index contributed by atoms with van der Waals surface area (Å²) < 4.78 is 2.53. The van der Waals surface area contributed by atoms with Gasteiger partial charge in [-0.3, -0.25) is 0 Å². The minimum Gasteiger partial charge on any atom is -0.247 e. The minimum atomic E-state index is 0.602. The van der Waals surface area contributed by atoms with Gasteiger partial charge in [-0.2, -0.15) is 0 Å². The van der Waals surface area contributed by atoms with E-state index in [0.29, 0.717) is 12.0 Å². The molecule has 33 heavy (non-hydrogen) atoms. The summed E-state index contributed by atoms with van der Waals surface area (Å²) in [7, 11) is 0. The maximum absolute atomic E-state index is 3.64. The van der Waals surface area contributed by atoms with Crippen molar-refractivity contribution in [1.29, 1.82) is 0 Å². The van der Waals surface area contributed by atoms with Crippen LogP contribution in [-0.2, 0) is 0 Å². The molecule has 0 saturated carbocycles. The number of hydrogen-bond donors (Lipinski definition) is 1. The van der Waals surface area contributed by atoms with Crippen molar-refractivity contribution < 1.29 is 4.57 Å². The Hall–Kier alpha value is -0.790. The van der Waals surface area contributed by atoms with Crippen LogP contribution in [0.25, 0.3) is 0 Å². The van der Waals surface area contributed by atoms with Crippen LogP contribution in [0.2, 0.25) is 0 Å².